The summed E-state index contributed by atoms with van der Waals surface area (Å²) < 4.78 is 0. The lowest BCUT2D eigenvalue weighted by Crippen LogP contribution is -2.02. The molecule has 3 heterocycles. The molecule has 0 bridgehead atoms. The van der Waals surface area contributed by atoms with E-state index in [0.29, 0.717) is 12.4 Å². The van der Waals surface area contributed by atoms with Crippen molar-refractivity contribution in [2.75, 3.05) is 6.61 Å². The number of nitrogens with zero attached hydrogens (tertiary/aromatic N) is 5. The second-order valence-electron chi connectivity index (χ2n) is 6.31. The first-order valence-corrected chi connectivity index (χ1v) is 8.98. The molecule has 0 amide bonds. The van der Waals surface area contributed by atoms with E-state index in [4.69, 9.17) is 4.84 Å². The van der Waals surface area contributed by atoms with Crippen LogP contribution in [0.25, 0.3) is 11.5 Å². The molecule has 0 aliphatic heterocycles. The summed E-state index contributed by atoms with van der Waals surface area (Å²) in [5, 5.41) is 4.15. The van der Waals surface area contributed by atoms with Crippen molar-refractivity contribution in [3.8, 4) is 11.5 Å². The molecule has 0 radical (unpaired) electrons. The van der Waals surface area contributed by atoms with Crippen LogP contribution in [0.4, 0.5) is 0 Å². The lowest BCUT2D eigenvalue weighted by Gasteiger charge is -2.05. The maximum absolute atomic E-state index is 5.43. The second-order valence-corrected chi connectivity index (χ2v) is 6.31. The summed E-state index contributed by atoms with van der Waals surface area (Å²) in [6, 6.07) is 13.6. The Hall–Kier alpha value is -3.15. The van der Waals surface area contributed by atoms with E-state index >= 15 is 0 Å². The van der Waals surface area contributed by atoms with Gasteiger partial charge in [0.1, 0.15) is 18.0 Å². The number of hydrogen-bond donors (Lipinski definition) is 0. The molecule has 6 heteroatoms. The third kappa shape index (κ3) is 5.41. The summed E-state index contributed by atoms with van der Waals surface area (Å²) >= 11 is 0. The first-order chi connectivity index (χ1) is 13.1. The molecule has 0 aliphatic rings. The minimum absolute atomic E-state index is 0.519. The highest BCUT2D eigenvalue weighted by Gasteiger charge is 2.05. The largest absolute Gasteiger partial charge is 0.396 e. The van der Waals surface area contributed by atoms with Gasteiger partial charge in [0, 0.05) is 23.3 Å². The molecule has 0 aliphatic carbocycles. The highest BCUT2D eigenvalue weighted by molar-refractivity contribution is 5.96. The van der Waals surface area contributed by atoms with E-state index in [1.807, 2.05) is 63.2 Å². The molecule has 3 aromatic rings. The van der Waals surface area contributed by atoms with Gasteiger partial charge in [-0.2, -0.15) is 0 Å². The van der Waals surface area contributed by atoms with Crippen LogP contribution >= 0.6 is 0 Å². The third-order valence-corrected chi connectivity index (χ3v) is 3.96. The number of rotatable bonds is 7. The van der Waals surface area contributed by atoms with E-state index in [-0.39, 0.29) is 0 Å². The van der Waals surface area contributed by atoms with Gasteiger partial charge in [-0.05, 0) is 63.9 Å². The number of hydrogen-bond acceptors (Lipinski definition) is 6. The van der Waals surface area contributed by atoms with Crippen LogP contribution in [0.3, 0.4) is 0 Å². The summed E-state index contributed by atoms with van der Waals surface area (Å²) in [4.78, 5) is 23.3. The normalized spacial score (nSPS) is 11.4. The van der Waals surface area contributed by atoms with Gasteiger partial charge in [0.15, 0.2) is 5.82 Å². The number of pyridine rings is 2. The highest BCUT2D eigenvalue weighted by atomic mass is 16.6. The van der Waals surface area contributed by atoms with Crippen LogP contribution < -0.4 is 0 Å². The maximum atomic E-state index is 5.43. The van der Waals surface area contributed by atoms with Gasteiger partial charge in [-0.3, -0.25) is 4.98 Å². The van der Waals surface area contributed by atoms with Crippen molar-refractivity contribution in [1.82, 2.24) is 19.9 Å². The average molecular weight is 361 g/mol. The van der Waals surface area contributed by atoms with Gasteiger partial charge in [0.2, 0.25) is 0 Å². The molecular formula is C21H23N5O. The predicted octanol–water partition coefficient (Wildman–Crippen LogP) is 3.92. The molecule has 0 spiro atoms. The minimum atomic E-state index is 0.519. The molecule has 138 valence electrons. The van der Waals surface area contributed by atoms with Gasteiger partial charge < -0.3 is 4.84 Å². The van der Waals surface area contributed by atoms with Crippen molar-refractivity contribution in [3.05, 3.63) is 71.4 Å². The smallest absolute Gasteiger partial charge is 0.178 e. The SMILES string of the molecule is C/C(=N/OCCCc1ccnc(-c2cccc(C)n2)n1)c1cccc(C)n1. The van der Waals surface area contributed by atoms with Crippen molar-refractivity contribution < 1.29 is 4.84 Å². The zero-order valence-corrected chi connectivity index (χ0v) is 15.9. The van der Waals surface area contributed by atoms with E-state index < -0.39 is 0 Å². The summed E-state index contributed by atoms with van der Waals surface area (Å²) in [5.74, 6) is 0.650. The Kier molecular flexibility index (Phi) is 6.20. The van der Waals surface area contributed by atoms with Crippen LogP contribution in [0.15, 0.2) is 53.8 Å². The Labute approximate surface area is 159 Å². The quantitative estimate of drug-likeness (QED) is 0.362. The van der Waals surface area contributed by atoms with Crippen LogP contribution in [-0.4, -0.2) is 32.3 Å². The van der Waals surface area contributed by atoms with E-state index in [9.17, 15) is 0 Å². The van der Waals surface area contributed by atoms with Crippen LogP contribution in [0.1, 0.15) is 36.1 Å². The molecule has 27 heavy (non-hydrogen) atoms. The number of oxime groups is 1. The van der Waals surface area contributed by atoms with Crippen molar-refractivity contribution in [1.29, 1.82) is 0 Å². The topological polar surface area (TPSA) is 73.2 Å². The van der Waals surface area contributed by atoms with Gasteiger partial charge in [0.25, 0.3) is 0 Å². The predicted molar refractivity (Wildman–Crippen MR) is 105 cm³/mol. The zero-order valence-electron chi connectivity index (χ0n) is 15.9. The van der Waals surface area contributed by atoms with Crippen molar-refractivity contribution in [3.63, 3.8) is 0 Å². The van der Waals surface area contributed by atoms with E-state index in [1.54, 1.807) is 6.20 Å². The maximum Gasteiger partial charge on any atom is 0.178 e. The van der Waals surface area contributed by atoms with Gasteiger partial charge in [0.05, 0.1) is 5.69 Å². The van der Waals surface area contributed by atoms with E-state index in [2.05, 4.69) is 25.1 Å². The standard InChI is InChI=1S/C21H23N5O/c1-15-7-4-10-19(23-15)17(3)26-27-14-6-9-18-12-13-22-21(25-18)20-11-5-8-16(2)24-20/h4-5,7-8,10-13H,6,9,14H2,1-3H3/b26-17-. The first-order valence-electron chi connectivity index (χ1n) is 8.98. The molecule has 0 saturated carbocycles. The fourth-order valence-corrected chi connectivity index (χ4v) is 2.58. The summed E-state index contributed by atoms with van der Waals surface area (Å²) in [6.07, 6.45) is 3.38. The minimum Gasteiger partial charge on any atom is -0.396 e. The fraction of sp³-hybridized carbons (Fsp3) is 0.286. The molecule has 6 nitrogen and oxygen atoms in total. The molecule has 3 aromatic heterocycles. The lowest BCUT2D eigenvalue weighted by atomic mass is 10.2. The molecule has 0 fully saturated rings. The van der Waals surface area contributed by atoms with E-state index in [1.165, 1.54) is 0 Å². The Morgan fingerprint density at radius 2 is 1.74 bits per heavy atom. The van der Waals surface area contributed by atoms with Crippen LogP contribution in [-0.2, 0) is 11.3 Å². The Balaban J connectivity index is 1.52. The molecule has 0 saturated heterocycles. The first kappa shape index (κ1) is 18.6. The van der Waals surface area contributed by atoms with Gasteiger partial charge in [-0.15, -0.1) is 0 Å². The van der Waals surface area contributed by atoms with Gasteiger partial charge >= 0.3 is 0 Å². The van der Waals surface area contributed by atoms with Gasteiger partial charge in [-0.25, -0.2) is 15.0 Å². The lowest BCUT2D eigenvalue weighted by molar-refractivity contribution is 0.141. The van der Waals surface area contributed by atoms with Crippen molar-refractivity contribution in [2.24, 2.45) is 5.16 Å². The average Bonchev–Trinajstić information content (AvgIpc) is 2.68. The Bertz CT molecular complexity index is 939. The number of aromatic nitrogens is 4. The summed E-state index contributed by atoms with van der Waals surface area (Å²) in [6.45, 7) is 6.33. The van der Waals surface area contributed by atoms with Crippen LogP contribution in [0, 0.1) is 13.8 Å². The van der Waals surface area contributed by atoms with Crippen LogP contribution in [0.2, 0.25) is 0 Å². The highest BCUT2D eigenvalue weighted by Crippen LogP contribution is 2.13. The van der Waals surface area contributed by atoms with E-state index in [0.717, 1.165) is 47.0 Å². The zero-order chi connectivity index (χ0) is 19.1. The molecule has 0 N–H and O–H groups in total. The fourth-order valence-electron chi connectivity index (χ4n) is 2.58. The van der Waals surface area contributed by atoms with Crippen molar-refractivity contribution >= 4 is 5.71 Å². The Morgan fingerprint density at radius 1 is 0.963 bits per heavy atom. The van der Waals surface area contributed by atoms with Gasteiger partial charge in [-0.1, -0.05) is 17.3 Å². The molecule has 0 aromatic carbocycles. The molecule has 3 rings (SSSR count). The second kappa shape index (κ2) is 8.98. The monoisotopic (exact) mass is 361 g/mol. The Morgan fingerprint density at radius 3 is 2.52 bits per heavy atom. The molecule has 0 atom stereocenters. The summed E-state index contributed by atoms with van der Waals surface area (Å²) in [5.41, 5.74) is 5.28. The molecule has 0 unspecified atom stereocenters. The molecular weight excluding hydrogens is 338 g/mol. The third-order valence-electron chi connectivity index (χ3n) is 3.96. The van der Waals surface area contributed by atoms with Crippen molar-refractivity contribution in [2.45, 2.75) is 33.6 Å². The number of aryl methyl sites for hydroxylation is 3. The van der Waals surface area contributed by atoms with Crippen LogP contribution in [0.5, 0.6) is 0 Å². The summed E-state index contributed by atoms with van der Waals surface area (Å²) in [7, 11) is 0.